The fraction of sp³-hybridized carbons (Fsp3) is 0.286. The third-order valence-electron chi connectivity index (χ3n) is 3.90. The summed E-state index contributed by atoms with van der Waals surface area (Å²) in [6.45, 7) is 5.76. The number of halogens is 3. The van der Waals surface area contributed by atoms with Crippen molar-refractivity contribution in [3.63, 3.8) is 0 Å². The molecule has 2 rings (SSSR count). The van der Waals surface area contributed by atoms with Crippen LogP contribution in [-0.2, 0) is 16.2 Å². The van der Waals surface area contributed by atoms with Crippen LogP contribution < -0.4 is 4.74 Å². The zero-order valence-electron chi connectivity index (χ0n) is 16.2. The number of benzene rings is 2. The Morgan fingerprint density at radius 1 is 0.929 bits per heavy atom. The first-order valence-corrected chi connectivity index (χ1v) is 12.0. The van der Waals surface area contributed by atoms with Gasteiger partial charge in [0.15, 0.2) is 13.9 Å². The Bertz CT molecular complexity index is 863. The molecule has 0 aromatic heterocycles. The maximum Gasteiger partial charge on any atom is 0.416 e. The van der Waals surface area contributed by atoms with E-state index in [9.17, 15) is 18.4 Å². The number of ether oxygens (including phenoxy) is 1. The molecule has 2 aromatic carbocycles. The first kappa shape index (κ1) is 21.7. The van der Waals surface area contributed by atoms with Crippen LogP contribution in [0.1, 0.15) is 16.7 Å². The highest BCUT2D eigenvalue weighted by atomic mass is 28.4. The van der Waals surface area contributed by atoms with Crippen molar-refractivity contribution in [2.24, 2.45) is 0 Å². The van der Waals surface area contributed by atoms with Gasteiger partial charge in [-0.2, -0.15) is 18.4 Å². The second-order valence-electron chi connectivity index (χ2n) is 7.24. The zero-order valence-corrected chi connectivity index (χ0v) is 17.2. The number of nitriles is 1. The predicted octanol–water partition coefficient (Wildman–Crippen LogP) is 6.00. The van der Waals surface area contributed by atoms with Crippen molar-refractivity contribution in [1.29, 1.82) is 5.26 Å². The lowest BCUT2D eigenvalue weighted by Gasteiger charge is -2.32. The standard InChI is InChI=1S/C21H22F3NO2Si/c1-26-19-11-5-16(6-12-19)13-14-20(15-25,27-28(2,3)4)17-7-9-18(10-8-17)21(22,23)24/h5-14H,1-4H3/b14-13+. The fourth-order valence-corrected chi connectivity index (χ4v) is 3.83. The third-order valence-corrected chi connectivity index (χ3v) is 4.83. The van der Waals surface area contributed by atoms with Crippen molar-refractivity contribution in [2.45, 2.75) is 31.4 Å². The summed E-state index contributed by atoms with van der Waals surface area (Å²) in [7, 11) is -0.648. The molecule has 0 saturated heterocycles. The molecule has 0 fully saturated rings. The van der Waals surface area contributed by atoms with Gasteiger partial charge in [0.2, 0.25) is 0 Å². The molecule has 0 saturated carbocycles. The summed E-state index contributed by atoms with van der Waals surface area (Å²) in [5.74, 6) is 0.699. The van der Waals surface area contributed by atoms with Gasteiger partial charge in [0.25, 0.3) is 0 Å². The van der Waals surface area contributed by atoms with Gasteiger partial charge >= 0.3 is 6.18 Å². The van der Waals surface area contributed by atoms with Gasteiger partial charge in [-0.1, -0.05) is 30.3 Å². The molecule has 0 aliphatic rings. The third kappa shape index (κ3) is 5.47. The van der Waals surface area contributed by atoms with Crippen LogP contribution in [0.3, 0.4) is 0 Å². The quantitative estimate of drug-likeness (QED) is 0.554. The van der Waals surface area contributed by atoms with Crippen LogP contribution in [0, 0.1) is 11.3 Å². The molecule has 28 heavy (non-hydrogen) atoms. The van der Waals surface area contributed by atoms with E-state index in [2.05, 4.69) is 6.07 Å². The number of hydrogen-bond acceptors (Lipinski definition) is 3. The summed E-state index contributed by atoms with van der Waals surface area (Å²) in [5.41, 5.74) is -1.08. The molecule has 2 aromatic rings. The minimum absolute atomic E-state index is 0.357. The Labute approximate surface area is 164 Å². The van der Waals surface area contributed by atoms with Gasteiger partial charge < -0.3 is 9.16 Å². The highest BCUT2D eigenvalue weighted by Gasteiger charge is 2.37. The van der Waals surface area contributed by atoms with E-state index in [1.165, 1.54) is 12.1 Å². The van der Waals surface area contributed by atoms with Crippen LogP contribution in [-0.4, -0.2) is 15.4 Å². The molecule has 0 radical (unpaired) electrons. The summed E-state index contributed by atoms with van der Waals surface area (Å²) in [6.07, 6.45) is -1.12. The highest BCUT2D eigenvalue weighted by molar-refractivity contribution is 6.69. The van der Waals surface area contributed by atoms with E-state index in [1.54, 1.807) is 31.4 Å². The van der Waals surface area contributed by atoms with Gasteiger partial charge in [-0.25, -0.2) is 0 Å². The lowest BCUT2D eigenvalue weighted by molar-refractivity contribution is -0.137. The van der Waals surface area contributed by atoms with Crippen LogP contribution in [0.2, 0.25) is 19.6 Å². The summed E-state index contributed by atoms with van der Waals surface area (Å²) < 4.78 is 49.9. The molecule has 0 N–H and O–H groups in total. The molecule has 0 aliphatic heterocycles. The van der Waals surface area contributed by atoms with Crippen LogP contribution in [0.4, 0.5) is 13.2 Å². The second-order valence-corrected chi connectivity index (χ2v) is 11.7. The van der Waals surface area contributed by atoms with Gasteiger partial charge in [-0.15, -0.1) is 0 Å². The molecule has 7 heteroatoms. The molecule has 148 valence electrons. The molecule has 0 aliphatic carbocycles. The molecule has 0 spiro atoms. The smallest absolute Gasteiger partial charge is 0.416 e. The van der Waals surface area contributed by atoms with Crippen LogP contribution in [0.5, 0.6) is 5.75 Å². The zero-order chi connectivity index (χ0) is 21.0. The molecule has 1 atom stereocenters. The van der Waals surface area contributed by atoms with Crippen molar-refractivity contribution < 1.29 is 22.3 Å². The van der Waals surface area contributed by atoms with Crippen LogP contribution in [0.25, 0.3) is 6.08 Å². The van der Waals surface area contributed by atoms with Crippen molar-refractivity contribution in [2.75, 3.05) is 7.11 Å². The van der Waals surface area contributed by atoms with Gasteiger partial charge in [0.1, 0.15) is 11.8 Å². The normalized spacial score (nSPS) is 14.5. The van der Waals surface area contributed by atoms with Crippen molar-refractivity contribution in [1.82, 2.24) is 0 Å². The fourth-order valence-electron chi connectivity index (χ4n) is 2.63. The number of alkyl halides is 3. The average molecular weight is 405 g/mol. The van der Waals surface area contributed by atoms with Gasteiger partial charge in [-0.05, 0) is 55.5 Å². The van der Waals surface area contributed by atoms with E-state index in [4.69, 9.17) is 9.16 Å². The first-order chi connectivity index (χ1) is 13.0. The highest BCUT2D eigenvalue weighted by Crippen LogP contribution is 2.35. The minimum Gasteiger partial charge on any atom is -0.497 e. The van der Waals surface area contributed by atoms with Gasteiger partial charge in [0.05, 0.1) is 12.7 Å². The monoisotopic (exact) mass is 405 g/mol. The summed E-state index contributed by atoms with van der Waals surface area (Å²) in [6, 6.07) is 13.9. The Balaban J connectivity index is 2.47. The van der Waals surface area contributed by atoms with E-state index in [0.29, 0.717) is 11.3 Å². The topological polar surface area (TPSA) is 42.2 Å². The first-order valence-electron chi connectivity index (χ1n) is 8.61. The lowest BCUT2D eigenvalue weighted by Crippen LogP contribution is -2.38. The SMILES string of the molecule is COc1ccc(/C=C/C(C#N)(O[Si](C)(C)C)c2ccc(C(F)(F)F)cc2)cc1. The van der Waals surface area contributed by atoms with Crippen molar-refractivity contribution >= 4 is 14.4 Å². The van der Waals surface area contributed by atoms with E-state index in [-0.39, 0.29) is 0 Å². The Hall–Kier alpha value is -2.56. The molecule has 1 unspecified atom stereocenters. The number of nitrogens with zero attached hydrogens (tertiary/aromatic N) is 1. The molecular weight excluding hydrogens is 383 g/mol. The average Bonchev–Trinajstić information content (AvgIpc) is 2.64. The van der Waals surface area contributed by atoms with Gasteiger partial charge in [-0.3, -0.25) is 0 Å². The Kier molecular flexibility index (Phi) is 6.37. The van der Waals surface area contributed by atoms with Gasteiger partial charge in [0, 0.05) is 5.56 Å². The molecular formula is C21H22F3NO2Si. The maximum atomic E-state index is 12.9. The lowest BCUT2D eigenvalue weighted by atomic mass is 9.93. The van der Waals surface area contributed by atoms with Crippen LogP contribution >= 0.6 is 0 Å². The number of methoxy groups -OCH3 is 1. The number of rotatable bonds is 6. The second kappa shape index (κ2) is 8.21. The Morgan fingerprint density at radius 3 is 1.89 bits per heavy atom. The van der Waals surface area contributed by atoms with Crippen molar-refractivity contribution in [3.05, 3.63) is 71.3 Å². The summed E-state index contributed by atoms with van der Waals surface area (Å²) in [4.78, 5) is 0. The summed E-state index contributed by atoms with van der Waals surface area (Å²) in [5, 5.41) is 9.94. The molecule has 0 bridgehead atoms. The number of hydrogen-bond donors (Lipinski definition) is 0. The summed E-state index contributed by atoms with van der Waals surface area (Å²) >= 11 is 0. The minimum atomic E-state index is -4.44. The van der Waals surface area contributed by atoms with E-state index < -0.39 is 25.7 Å². The van der Waals surface area contributed by atoms with Crippen LogP contribution in [0.15, 0.2) is 54.6 Å². The van der Waals surface area contributed by atoms with E-state index in [0.717, 1.165) is 17.7 Å². The molecule has 0 amide bonds. The van der Waals surface area contributed by atoms with E-state index >= 15 is 0 Å². The predicted molar refractivity (Wildman–Crippen MR) is 105 cm³/mol. The molecule has 0 heterocycles. The van der Waals surface area contributed by atoms with E-state index in [1.807, 2.05) is 31.8 Å². The van der Waals surface area contributed by atoms with Crippen molar-refractivity contribution in [3.8, 4) is 11.8 Å². The molecule has 3 nitrogen and oxygen atoms in total. The Morgan fingerprint density at radius 2 is 1.46 bits per heavy atom. The largest absolute Gasteiger partial charge is 0.497 e. The maximum absolute atomic E-state index is 12.9.